The summed E-state index contributed by atoms with van der Waals surface area (Å²) in [4.78, 5) is 1.32. The Kier molecular flexibility index (Phi) is 7.02. The summed E-state index contributed by atoms with van der Waals surface area (Å²) in [5.74, 6) is 1.92. The topological polar surface area (TPSA) is 12.0 Å². The molecule has 1 nitrogen and oxygen atoms in total. The Bertz CT molecular complexity index is 341. The van der Waals surface area contributed by atoms with Crippen molar-refractivity contribution in [2.24, 2.45) is 5.92 Å². The summed E-state index contributed by atoms with van der Waals surface area (Å²) in [6, 6.07) is 6.19. The molecule has 0 saturated heterocycles. The van der Waals surface area contributed by atoms with Gasteiger partial charge in [-0.05, 0) is 30.2 Å². The van der Waals surface area contributed by atoms with Gasteiger partial charge in [0.1, 0.15) is 0 Å². The normalized spacial score (nSPS) is 12.7. The van der Waals surface area contributed by atoms with Crippen LogP contribution < -0.4 is 5.32 Å². The molecular weight excluding hydrogens is 250 g/mol. The van der Waals surface area contributed by atoms with Crippen LogP contribution in [0.2, 0.25) is 5.02 Å². The first-order valence-corrected chi connectivity index (χ1v) is 7.65. The van der Waals surface area contributed by atoms with Crippen molar-refractivity contribution in [3.05, 3.63) is 28.8 Å². The van der Waals surface area contributed by atoms with Gasteiger partial charge in [0.2, 0.25) is 0 Å². The van der Waals surface area contributed by atoms with E-state index in [-0.39, 0.29) is 0 Å². The van der Waals surface area contributed by atoms with Gasteiger partial charge < -0.3 is 5.32 Å². The molecule has 1 atom stereocenters. The second-order valence-electron chi connectivity index (χ2n) is 4.36. The molecule has 0 aliphatic carbocycles. The van der Waals surface area contributed by atoms with E-state index < -0.39 is 0 Å². The van der Waals surface area contributed by atoms with Gasteiger partial charge in [0.15, 0.2) is 0 Å². The van der Waals surface area contributed by atoms with Crippen LogP contribution in [0.1, 0.15) is 32.8 Å². The summed E-state index contributed by atoms with van der Waals surface area (Å²) in [6.07, 6.45) is 1.23. The number of benzene rings is 1. The third-order valence-corrected chi connectivity index (χ3v) is 4.48. The molecule has 3 heteroatoms. The van der Waals surface area contributed by atoms with E-state index in [9.17, 15) is 0 Å². The van der Waals surface area contributed by atoms with E-state index in [0.29, 0.717) is 0 Å². The summed E-state index contributed by atoms with van der Waals surface area (Å²) in [6.45, 7) is 8.58. The first-order valence-electron chi connectivity index (χ1n) is 6.29. The van der Waals surface area contributed by atoms with Crippen molar-refractivity contribution in [1.82, 2.24) is 5.32 Å². The third kappa shape index (κ3) is 5.33. The van der Waals surface area contributed by atoms with Gasteiger partial charge in [0, 0.05) is 22.2 Å². The zero-order valence-electron chi connectivity index (χ0n) is 10.9. The van der Waals surface area contributed by atoms with Gasteiger partial charge in [-0.3, -0.25) is 0 Å². The molecule has 1 N–H and O–H groups in total. The molecule has 0 bridgehead atoms. The lowest BCUT2D eigenvalue weighted by Gasteiger charge is -2.12. The number of hydrogen-bond donors (Lipinski definition) is 1. The molecule has 0 fully saturated rings. The van der Waals surface area contributed by atoms with Gasteiger partial charge in [-0.2, -0.15) is 0 Å². The largest absolute Gasteiger partial charge is 0.313 e. The van der Waals surface area contributed by atoms with Crippen LogP contribution in [-0.4, -0.2) is 12.3 Å². The molecule has 0 aliphatic rings. The number of thioether (sulfide) groups is 1. The average Bonchev–Trinajstić information content (AvgIpc) is 2.34. The molecule has 0 radical (unpaired) electrons. The summed E-state index contributed by atoms with van der Waals surface area (Å²) < 4.78 is 0. The van der Waals surface area contributed by atoms with Crippen molar-refractivity contribution in [2.45, 2.75) is 38.6 Å². The van der Waals surface area contributed by atoms with Crippen molar-refractivity contribution < 1.29 is 0 Å². The highest BCUT2D eigenvalue weighted by atomic mass is 35.5. The van der Waals surface area contributed by atoms with E-state index in [1.54, 1.807) is 0 Å². The van der Waals surface area contributed by atoms with Gasteiger partial charge >= 0.3 is 0 Å². The summed E-state index contributed by atoms with van der Waals surface area (Å²) in [7, 11) is 0. The van der Waals surface area contributed by atoms with E-state index in [1.807, 2.05) is 17.8 Å². The lowest BCUT2D eigenvalue weighted by Crippen LogP contribution is -2.12. The quantitative estimate of drug-likeness (QED) is 0.728. The highest BCUT2D eigenvalue weighted by molar-refractivity contribution is 7.99. The zero-order chi connectivity index (χ0) is 12.7. The fourth-order valence-corrected chi connectivity index (χ4v) is 2.89. The summed E-state index contributed by atoms with van der Waals surface area (Å²) in [5, 5.41) is 4.20. The van der Waals surface area contributed by atoms with Crippen molar-refractivity contribution in [1.29, 1.82) is 0 Å². The van der Waals surface area contributed by atoms with E-state index in [2.05, 4.69) is 38.2 Å². The van der Waals surface area contributed by atoms with Crippen molar-refractivity contribution in [3.8, 4) is 0 Å². The molecule has 1 aromatic rings. The maximum atomic E-state index is 6.07. The van der Waals surface area contributed by atoms with Gasteiger partial charge in [0.25, 0.3) is 0 Å². The predicted molar refractivity (Wildman–Crippen MR) is 79.0 cm³/mol. The van der Waals surface area contributed by atoms with Crippen molar-refractivity contribution in [2.75, 3.05) is 12.3 Å². The molecule has 0 aliphatic heterocycles. The molecule has 0 spiro atoms. The van der Waals surface area contributed by atoms with Crippen LogP contribution in [0.4, 0.5) is 0 Å². The van der Waals surface area contributed by atoms with Gasteiger partial charge in [-0.15, -0.1) is 11.8 Å². The lowest BCUT2D eigenvalue weighted by atomic mass is 10.2. The second kappa shape index (κ2) is 8.02. The second-order valence-corrected chi connectivity index (χ2v) is 5.86. The fraction of sp³-hybridized carbons (Fsp3) is 0.571. The Morgan fingerprint density at radius 2 is 2.12 bits per heavy atom. The molecule has 1 unspecified atom stereocenters. The molecule has 1 aromatic carbocycles. The maximum absolute atomic E-state index is 6.07. The van der Waals surface area contributed by atoms with Crippen LogP contribution >= 0.6 is 23.4 Å². The molecule has 0 amide bonds. The molecule has 1 rings (SSSR count). The minimum atomic E-state index is 0.756. The molecule has 96 valence electrons. The van der Waals surface area contributed by atoms with Gasteiger partial charge in [-0.25, -0.2) is 0 Å². The maximum Gasteiger partial charge on any atom is 0.0417 e. The molecule has 0 aromatic heterocycles. The number of hydrogen-bond acceptors (Lipinski definition) is 2. The minimum absolute atomic E-state index is 0.756. The minimum Gasteiger partial charge on any atom is -0.313 e. The molecule has 0 saturated carbocycles. The number of halogens is 1. The monoisotopic (exact) mass is 271 g/mol. The summed E-state index contributed by atoms with van der Waals surface area (Å²) in [5.41, 5.74) is 1.35. The smallest absolute Gasteiger partial charge is 0.0417 e. The highest BCUT2D eigenvalue weighted by Gasteiger charge is 2.06. The average molecular weight is 272 g/mol. The Morgan fingerprint density at radius 3 is 2.76 bits per heavy atom. The molecular formula is C14H22ClNS. The Hall–Kier alpha value is -0.180. The Labute approximate surface area is 114 Å². The van der Waals surface area contributed by atoms with Crippen LogP contribution in [0.25, 0.3) is 0 Å². The fourth-order valence-electron chi connectivity index (χ4n) is 1.42. The zero-order valence-corrected chi connectivity index (χ0v) is 12.5. The Balaban J connectivity index is 2.69. The standard InChI is InChI=1S/C14H22ClNS/c1-4-11(3)10-17-14-8-13(15)7-6-12(14)9-16-5-2/h6-8,11,16H,4-5,9-10H2,1-3H3. The first-order chi connectivity index (χ1) is 8.17. The predicted octanol–water partition coefficient (Wildman–Crippen LogP) is 4.59. The SMILES string of the molecule is CCNCc1ccc(Cl)cc1SCC(C)CC. The lowest BCUT2D eigenvalue weighted by molar-refractivity contribution is 0.636. The molecule has 17 heavy (non-hydrogen) atoms. The Morgan fingerprint density at radius 1 is 1.35 bits per heavy atom. The van der Waals surface area contributed by atoms with E-state index in [4.69, 9.17) is 11.6 Å². The molecule has 0 heterocycles. The van der Waals surface area contributed by atoms with Crippen molar-refractivity contribution >= 4 is 23.4 Å². The number of nitrogens with one attached hydrogen (secondary N) is 1. The summed E-state index contributed by atoms with van der Waals surface area (Å²) >= 11 is 7.99. The van der Waals surface area contributed by atoms with Crippen LogP contribution in [0.3, 0.4) is 0 Å². The third-order valence-electron chi connectivity index (χ3n) is 2.81. The van der Waals surface area contributed by atoms with E-state index in [0.717, 1.165) is 29.8 Å². The van der Waals surface area contributed by atoms with Crippen LogP contribution in [0.5, 0.6) is 0 Å². The van der Waals surface area contributed by atoms with Crippen molar-refractivity contribution in [3.63, 3.8) is 0 Å². The van der Waals surface area contributed by atoms with Crippen LogP contribution in [0, 0.1) is 5.92 Å². The first kappa shape index (κ1) is 14.9. The number of rotatable bonds is 7. The van der Waals surface area contributed by atoms with Crippen LogP contribution in [0.15, 0.2) is 23.1 Å². The van der Waals surface area contributed by atoms with E-state index >= 15 is 0 Å². The van der Waals surface area contributed by atoms with Gasteiger partial charge in [0.05, 0.1) is 0 Å². The van der Waals surface area contributed by atoms with Gasteiger partial charge in [-0.1, -0.05) is 44.9 Å². The van der Waals surface area contributed by atoms with E-state index in [1.165, 1.54) is 16.9 Å². The highest BCUT2D eigenvalue weighted by Crippen LogP contribution is 2.28. The van der Waals surface area contributed by atoms with Crippen LogP contribution in [-0.2, 0) is 6.54 Å².